The zero-order chi connectivity index (χ0) is 22.8. The molecule has 1 aromatic heterocycles. The van der Waals surface area contributed by atoms with Crippen LogP contribution in [0.4, 0.5) is 5.69 Å². The first-order valence-corrected chi connectivity index (χ1v) is 10.9. The van der Waals surface area contributed by atoms with E-state index in [1.54, 1.807) is 24.3 Å². The molecule has 1 aliphatic carbocycles. The number of carbonyl (C=O) groups is 2. The maximum absolute atomic E-state index is 13.0. The van der Waals surface area contributed by atoms with Crippen LogP contribution in [-0.4, -0.2) is 17.5 Å². The Morgan fingerprint density at radius 3 is 2.47 bits per heavy atom. The lowest BCUT2D eigenvalue weighted by atomic mass is 9.93. The molecule has 6 nitrogen and oxygen atoms in total. The molecule has 0 radical (unpaired) electrons. The summed E-state index contributed by atoms with van der Waals surface area (Å²) in [4.78, 5) is 25.4. The minimum absolute atomic E-state index is 0.273. The van der Waals surface area contributed by atoms with Gasteiger partial charge in [0, 0.05) is 33.8 Å². The molecule has 32 heavy (non-hydrogen) atoms. The summed E-state index contributed by atoms with van der Waals surface area (Å²) in [5.41, 5.74) is 8.19. The van der Waals surface area contributed by atoms with Crippen LogP contribution in [0.2, 0.25) is 5.02 Å². The minimum Gasteiger partial charge on any atom is -0.455 e. The Morgan fingerprint density at radius 1 is 0.969 bits per heavy atom. The Labute approximate surface area is 191 Å². The van der Waals surface area contributed by atoms with Crippen LogP contribution in [0, 0.1) is 20.8 Å². The Bertz CT molecular complexity index is 1230. The predicted octanol–water partition coefficient (Wildman–Crippen LogP) is 5.58. The molecule has 0 saturated heterocycles. The monoisotopic (exact) mass is 449 g/mol. The highest BCUT2D eigenvalue weighted by atomic mass is 35.5. The molecule has 4 rings (SSSR count). The molecule has 1 heterocycles. The fourth-order valence-electron chi connectivity index (χ4n) is 3.85. The van der Waals surface area contributed by atoms with E-state index in [-0.39, 0.29) is 17.6 Å². The van der Waals surface area contributed by atoms with Crippen molar-refractivity contribution in [3.05, 3.63) is 86.8 Å². The van der Waals surface area contributed by atoms with E-state index in [2.05, 4.69) is 15.8 Å². The van der Waals surface area contributed by atoms with E-state index >= 15 is 0 Å². The van der Waals surface area contributed by atoms with Crippen molar-refractivity contribution in [2.45, 2.75) is 40.0 Å². The summed E-state index contributed by atoms with van der Waals surface area (Å²) in [5.74, 6) is 0.374. The third-order valence-electron chi connectivity index (χ3n) is 5.78. The molecule has 2 aromatic carbocycles. The SMILES string of the molecule is Cc1cccc(NC(=O)c2oc3c(c2C)/C(=N/NC(=O)c2ccc(Cl)cc2)CCC3)c1C. The molecule has 164 valence electrons. The summed E-state index contributed by atoms with van der Waals surface area (Å²) in [6, 6.07) is 12.4. The zero-order valence-corrected chi connectivity index (χ0v) is 19.0. The van der Waals surface area contributed by atoms with E-state index in [1.807, 2.05) is 39.0 Å². The second kappa shape index (κ2) is 9.01. The van der Waals surface area contributed by atoms with E-state index in [1.165, 1.54) is 0 Å². The number of fused-ring (bicyclic) bond motifs is 1. The second-order valence-corrected chi connectivity index (χ2v) is 8.35. The fraction of sp³-hybridized carbons (Fsp3) is 0.240. The van der Waals surface area contributed by atoms with Gasteiger partial charge in [-0.15, -0.1) is 0 Å². The normalized spacial score (nSPS) is 14.2. The number of hydrogen-bond acceptors (Lipinski definition) is 4. The van der Waals surface area contributed by atoms with Crippen molar-refractivity contribution in [1.82, 2.24) is 5.43 Å². The number of anilines is 1. The molecule has 0 bridgehead atoms. The molecule has 0 saturated carbocycles. The van der Waals surface area contributed by atoms with Crippen molar-refractivity contribution in [1.29, 1.82) is 0 Å². The third kappa shape index (κ3) is 4.32. The van der Waals surface area contributed by atoms with Crippen molar-refractivity contribution in [2.75, 3.05) is 5.32 Å². The molecule has 0 fully saturated rings. The van der Waals surface area contributed by atoms with Crippen molar-refractivity contribution in [2.24, 2.45) is 5.10 Å². The van der Waals surface area contributed by atoms with Crippen LogP contribution >= 0.6 is 11.6 Å². The van der Waals surface area contributed by atoms with Crippen LogP contribution in [0.25, 0.3) is 0 Å². The van der Waals surface area contributed by atoms with E-state index in [0.717, 1.165) is 46.5 Å². The van der Waals surface area contributed by atoms with Crippen molar-refractivity contribution in [3.63, 3.8) is 0 Å². The number of nitrogens with zero attached hydrogens (tertiary/aromatic N) is 1. The van der Waals surface area contributed by atoms with Crippen LogP contribution < -0.4 is 10.7 Å². The molecular formula is C25H24ClN3O3. The van der Waals surface area contributed by atoms with Gasteiger partial charge in [0.15, 0.2) is 5.76 Å². The number of halogens is 1. The van der Waals surface area contributed by atoms with Crippen LogP contribution in [0.15, 0.2) is 52.0 Å². The van der Waals surface area contributed by atoms with Gasteiger partial charge in [0.2, 0.25) is 0 Å². The van der Waals surface area contributed by atoms with Crippen LogP contribution in [-0.2, 0) is 6.42 Å². The molecule has 0 unspecified atom stereocenters. The quantitative estimate of drug-likeness (QED) is 0.510. The molecule has 0 atom stereocenters. The second-order valence-electron chi connectivity index (χ2n) is 7.92. The van der Waals surface area contributed by atoms with Crippen molar-refractivity contribution < 1.29 is 14.0 Å². The third-order valence-corrected chi connectivity index (χ3v) is 6.04. The van der Waals surface area contributed by atoms with Crippen LogP contribution in [0.5, 0.6) is 0 Å². The first-order valence-electron chi connectivity index (χ1n) is 10.5. The number of carbonyl (C=O) groups excluding carboxylic acids is 2. The summed E-state index contributed by atoms with van der Waals surface area (Å²) in [6.07, 6.45) is 2.23. The van der Waals surface area contributed by atoms with E-state index in [4.69, 9.17) is 16.0 Å². The molecule has 1 aliphatic rings. The van der Waals surface area contributed by atoms with E-state index < -0.39 is 0 Å². The highest BCUT2D eigenvalue weighted by molar-refractivity contribution is 6.30. The molecule has 0 aliphatic heterocycles. The first-order chi connectivity index (χ1) is 15.3. The van der Waals surface area contributed by atoms with E-state index in [9.17, 15) is 9.59 Å². The van der Waals surface area contributed by atoms with Gasteiger partial charge in [-0.2, -0.15) is 5.10 Å². The summed E-state index contributed by atoms with van der Waals surface area (Å²) in [7, 11) is 0. The molecule has 7 heteroatoms. The van der Waals surface area contributed by atoms with Crippen LogP contribution in [0.1, 0.15) is 61.8 Å². The topological polar surface area (TPSA) is 83.7 Å². The molecule has 2 amide bonds. The molecule has 2 N–H and O–H groups in total. The van der Waals surface area contributed by atoms with Gasteiger partial charge in [-0.05, 0) is 75.1 Å². The highest BCUT2D eigenvalue weighted by Crippen LogP contribution is 2.30. The van der Waals surface area contributed by atoms with Gasteiger partial charge in [-0.1, -0.05) is 23.7 Å². The van der Waals surface area contributed by atoms with Gasteiger partial charge in [0.05, 0.1) is 5.71 Å². The number of benzene rings is 2. The summed E-state index contributed by atoms with van der Waals surface area (Å²) in [5, 5.41) is 7.87. The Hall–Kier alpha value is -3.38. The number of nitrogens with one attached hydrogen (secondary N) is 2. The maximum atomic E-state index is 13.0. The summed E-state index contributed by atoms with van der Waals surface area (Å²) < 4.78 is 5.96. The Kier molecular flexibility index (Phi) is 6.15. The zero-order valence-electron chi connectivity index (χ0n) is 18.2. The van der Waals surface area contributed by atoms with Gasteiger partial charge in [-0.3, -0.25) is 9.59 Å². The number of hydrazone groups is 1. The van der Waals surface area contributed by atoms with E-state index in [0.29, 0.717) is 22.7 Å². The number of amides is 2. The maximum Gasteiger partial charge on any atom is 0.291 e. The largest absolute Gasteiger partial charge is 0.455 e. The summed E-state index contributed by atoms with van der Waals surface area (Å²) >= 11 is 5.88. The van der Waals surface area contributed by atoms with Gasteiger partial charge in [0.1, 0.15) is 5.76 Å². The minimum atomic E-state index is -0.324. The lowest BCUT2D eigenvalue weighted by Crippen LogP contribution is -2.22. The van der Waals surface area contributed by atoms with Gasteiger partial charge < -0.3 is 9.73 Å². The highest BCUT2D eigenvalue weighted by Gasteiger charge is 2.28. The number of furan rings is 1. The summed E-state index contributed by atoms with van der Waals surface area (Å²) in [6.45, 7) is 5.82. The average molecular weight is 450 g/mol. The molecular weight excluding hydrogens is 426 g/mol. The first kappa shape index (κ1) is 21.8. The lowest BCUT2D eigenvalue weighted by Gasteiger charge is -2.13. The number of aryl methyl sites for hydroxylation is 2. The Balaban J connectivity index is 1.57. The smallest absolute Gasteiger partial charge is 0.291 e. The predicted molar refractivity (Wildman–Crippen MR) is 126 cm³/mol. The van der Waals surface area contributed by atoms with Crippen molar-refractivity contribution in [3.8, 4) is 0 Å². The van der Waals surface area contributed by atoms with Crippen molar-refractivity contribution >= 4 is 34.8 Å². The van der Waals surface area contributed by atoms with Gasteiger partial charge in [0.25, 0.3) is 11.8 Å². The average Bonchev–Trinajstić information content (AvgIpc) is 3.13. The number of rotatable bonds is 4. The molecule has 3 aromatic rings. The van der Waals surface area contributed by atoms with Gasteiger partial charge >= 0.3 is 0 Å². The lowest BCUT2D eigenvalue weighted by molar-refractivity contribution is 0.0953. The molecule has 0 spiro atoms. The Morgan fingerprint density at radius 2 is 1.72 bits per heavy atom. The standard InChI is InChI=1S/C25H24ClN3O3/c1-14-6-4-7-19(15(14)2)27-25(31)23-16(3)22-20(8-5-9-21(22)32-23)28-29-24(30)17-10-12-18(26)13-11-17/h4,6-7,10-13H,5,8-9H2,1-3H3,(H,27,31)(H,29,30)/b28-20+. The fourth-order valence-corrected chi connectivity index (χ4v) is 3.97. The van der Waals surface area contributed by atoms with Crippen LogP contribution in [0.3, 0.4) is 0 Å². The van der Waals surface area contributed by atoms with Gasteiger partial charge in [-0.25, -0.2) is 5.43 Å². The number of hydrogen-bond donors (Lipinski definition) is 2.